The predicted octanol–water partition coefficient (Wildman–Crippen LogP) is 5.51. The lowest BCUT2D eigenvalue weighted by molar-refractivity contribution is -0.249. The number of rotatable bonds is 3. The van der Waals surface area contributed by atoms with Crippen LogP contribution in [0, 0.1) is 5.41 Å². The van der Waals surface area contributed by atoms with E-state index in [1.165, 1.54) is 13.0 Å². The molecule has 0 spiro atoms. The van der Waals surface area contributed by atoms with E-state index in [0.717, 1.165) is 0 Å². The van der Waals surface area contributed by atoms with Crippen LogP contribution in [0.3, 0.4) is 0 Å². The molecule has 1 aliphatic rings. The van der Waals surface area contributed by atoms with Gasteiger partial charge in [-0.15, -0.1) is 11.6 Å². The molecule has 1 aromatic carbocycles. The quantitative estimate of drug-likeness (QED) is 0.680. The first-order valence-corrected chi connectivity index (χ1v) is 8.03. The Morgan fingerprint density at radius 1 is 1.30 bits per heavy atom. The molecule has 0 heterocycles. The van der Waals surface area contributed by atoms with E-state index in [0.29, 0.717) is 10.6 Å². The normalized spacial score (nSPS) is 28.9. The monoisotopic (exact) mass is 387 g/mol. The summed E-state index contributed by atoms with van der Waals surface area (Å²) >= 11 is 17.7. The highest BCUT2D eigenvalue weighted by Crippen LogP contribution is 2.60. The second kappa shape index (κ2) is 6.01. The molecule has 0 radical (unpaired) electrons. The maximum atomic E-state index is 13.4. The lowest BCUT2D eigenvalue weighted by atomic mass is 9.60. The molecule has 1 fully saturated rings. The molecule has 0 unspecified atom stereocenters. The van der Waals surface area contributed by atoms with Crippen LogP contribution in [0.15, 0.2) is 18.2 Å². The van der Waals surface area contributed by atoms with Gasteiger partial charge in [-0.1, -0.05) is 29.3 Å². The van der Waals surface area contributed by atoms with Crippen LogP contribution in [0.1, 0.15) is 38.3 Å². The highest BCUT2D eigenvalue weighted by molar-refractivity contribution is 6.35. The Hall–Kier alpha value is -0.650. The molecule has 2 nitrogen and oxygen atoms in total. The molecule has 1 amide bonds. The number of carbonyl (C=O) groups is 1. The maximum absolute atomic E-state index is 13.4. The van der Waals surface area contributed by atoms with Crippen molar-refractivity contribution in [3.05, 3.63) is 33.8 Å². The van der Waals surface area contributed by atoms with Crippen LogP contribution in [0.5, 0.6) is 0 Å². The van der Waals surface area contributed by atoms with E-state index >= 15 is 0 Å². The van der Waals surface area contributed by atoms with E-state index in [-0.39, 0.29) is 5.02 Å². The molecule has 128 valence electrons. The molecule has 0 aliphatic heterocycles. The zero-order valence-corrected chi connectivity index (χ0v) is 14.7. The highest BCUT2D eigenvalue weighted by atomic mass is 35.5. The molecule has 0 saturated heterocycles. The van der Waals surface area contributed by atoms with Crippen LogP contribution in [0.25, 0.3) is 0 Å². The Bertz CT molecular complexity index is 623. The van der Waals surface area contributed by atoms with Gasteiger partial charge in [0.15, 0.2) is 0 Å². The second-order valence-corrected chi connectivity index (χ2v) is 7.96. The molecule has 1 atom stereocenters. The molecule has 23 heavy (non-hydrogen) atoms. The zero-order valence-electron chi connectivity index (χ0n) is 12.4. The fourth-order valence-corrected chi connectivity index (χ4v) is 3.99. The van der Waals surface area contributed by atoms with Gasteiger partial charge in [-0.25, -0.2) is 0 Å². The van der Waals surface area contributed by atoms with Crippen LogP contribution < -0.4 is 5.32 Å². The minimum absolute atomic E-state index is 0.280. The van der Waals surface area contributed by atoms with Crippen molar-refractivity contribution >= 4 is 40.7 Å². The number of carbonyl (C=O) groups excluding carboxylic acids is 1. The fraction of sp³-hybridized carbons (Fsp3) is 0.533. The minimum Gasteiger partial charge on any atom is -0.349 e. The van der Waals surface area contributed by atoms with Gasteiger partial charge in [0.25, 0.3) is 0 Å². The third-order valence-electron chi connectivity index (χ3n) is 4.09. The summed E-state index contributed by atoms with van der Waals surface area (Å²) in [7, 11) is 0. The van der Waals surface area contributed by atoms with Crippen molar-refractivity contribution in [2.45, 2.75) is 43.8 Å². The topological polar surface area (TPSA) is 29.1 Å². The van der Waals surface area contributed by atoms with E-state index in [1.807, 2.05) is 0 Å². The van der Waals surface area contributed by atoms with Crippen LogP contribution in [-0.2, 0) is 4.79 Å². The molecule has 1 saturated carbocycles. The van der Waals surface area contributed by atoms with Crippen LogP contribution >= 0.6 is 34.8 Å². The Morgan fingerprint density at radius 3 is 2.30 bits per heavy atom. The number of halogens is 6. The first-order chi connectivity index (χ1) is 10.4. The molecule has 1 aromatic rings. The van der Waals surface area contributed by atoms with Crippen molar-refractivity contribution in [1.29, 1.82) is 0 Å². The van der Waals surface area contributed by atoms with Gasteiger partial charge in [0.05, 0.1) is 6.04 Å². The summed E-state index contributed by atoms with van der Waals surface area (Å²) in [6.45, 7) is 3.06. The summed E-state index contributed by atoms with van der Waals surface area (Å²) in [6, 6.07) is 3.92. The highest BCUT2D eigenvalue weighted by Gasteiger charge is 2.70. The second-order valence-electron chi connectivity index (χ2n) is 6.21. The number of hydrogen-bond donors (Lipinski definition) is 1. The van der Waals surface area contributed by atoms with Crippen LogP contribution in [0.4, 0.5) is 13.2 Å². The fourth-order valence-electron chi connectivity index (χ4n) is 2.96. The number of alkyl halides is 4. The average molecular weight is 389 g/mol. The summed E-state index contributed by atoms with van der Waals surface area (Å²) in [6.07, 6.45) is -5.55. The molecule has 0 aromatic heterocycles. The molecule has 2 rings (SSSR count). The standard InChI is InChI=1S/C15H15Cl3F3NO/c1-8(10-4-3-9(16)5-11(10)17)22-12(23)14(15(19,20)21)6-13(2,18)7-14/h3-5,8H,6-7H2,1-2H3,(H,22,23)/t8-,13?,14?/m1/s1. The van der Waals surface area contributed by atoms with Gasteiger partial charge in [0.2, 0.25) is 5.91 Å². The zero-order chi connectivity index (χ0) is 17.6. The number of hydrogen-bond acceptors (Lipinski definition) is 1. The van der Waals surface area contributed by atoms with Crippen LogP contribution in [-0.4, -0.2) is 17.0 Å². The largest absolute Gasteiger partial charge is 0.403 e. The third-order valence-corrected chi connectivity index (χ3v) is 4.92. The SMILES string of the molecule is C[C@@H](NC(=O)C1(C(F)(F)F)CC(C)(Cl)C1)c1ccc(Cl)cc1Cl. The maximum Gasteiger partial charge on any atom is 0.403 e. The van der Waals surface area contributed by atoms with Crippen molar-refractivity contribution in [3.8, 4) is 0 Å². The molecule has 1 aliphatic carbocycles. The number of nitrogens with one attached hydrogen (secondary N) is 1. The van der Waals surface area contributed by atoms with Gasteiger partial charge >= 0.3 is 6.18 Å². The summed E-state index contributed by atoms with van der Waals surface area (Å²) in [5.41, 5.74) is -1.95. The summed E-state index contributed by atoms with van der Waals surface area (Å²) in [4.78, 5) is 11.3. The van der Waals surface area contributed by atoms with Gasteiger partial charge in [0.1, 0.15) is 5.41 Å². The summed E-state index contributed by atoms with van der Waals surface area (Å²) in [5.74, 6) is -1.08. The van der Waals surface area contributed by atoms with Gasteiger partial charge in [-0.3, -0.25) is 4.79 Å². The Kier molecular flexibility index (Phi) is 4.88. The lowest BCUT2D eigenvalue weighted by Crippen LogP contribution is -2.62. The Morgan fingerprint density at radius 2 is 1.87 bits per heavy atom. The van der Waals surface area contributed by atoms with Crippen molar-refractivity contribution in [2.24, 2.45) is 5.41 Å². The van der Waals surface area contributed by atoms with Gasteiger partial charge in [0, 0.05) is 14.9 Å². The molecule has 1 N–H and O–H groups in total. The molecular weight excluding hydrogens is 374 g/mol. The van der Waals surface area contributed by atoms with Crippen molar-refractivity contribution in [2.75, 3.05) is 0 Å². The van der Waals surface area contributed by atoms with E-state index < -0.39 is 41.3 Å². The lowest BCUT2D eigenvalue weighted by Gasteiger charge is -2.50. The molecule has 0 bridgehead atoms. The van der Waals surface area contributed by atoms with Crippen molar-refractivity contribution in [1.82, 2.24) is 5.32 Å². The van der Waals surface area contributed by atoms with E-state index in [1.54, 1.807) is 19.1 Å². The first-order valence-electron chi connectivity index (χ1n) is 6.89. The van der Waals surface area contributed by atoms with Gasteiger partial charge in [-0.05, 0) is 44.4 Å². The summed E-state index contributed by atoms with van der Waals surface area (Å²) in [5, 5.41) is 3.08. The van der Waals surface area contributed by atoms with Crippen LogP contribution in [0.2, 0.25) is 10.0 Å². The third kappa shape index (κ3) is 3.57. The van der Waals surface area contributed by atoms with Gasteiger partial charge in [-0.2, -0.15) is 13.2 Å². The number of amides is 1. The smallest absolute Gasteiger partial charge is 0.349 e. The molecular formula is C15H15Cl3F3NO. The van der Waals surface area contributed by atoms with E-state index in [9.17, 15) is 18.0 Å². The number of benzene rings is 1. The molecule has 8 heteroatoms. The average Bonchev–Trinajstić information content (AvgIpc) is 2.33. The first kappa shape index (κ1) is 18.7. The van der Waals surface area contributed by atoms with Crippen molar-refractivity contribution < 1.29 is 18.0 Å². The minimum atomic E-state index is -4.66. The Balaban J connectivity index is 2.20. The predicted molar refractivity (Wildman–Crippen MR) is 85.0 cm³/mol. The summed E-state index contributed by atoms with van der Waals surface area (Å²) < 4.78 is 40.1. The van der Waals surface area contributed by atoms with E-state index in [4.69, 9.17) is 34.8 Å². The van der Waals surface area contributed by atoms with Gasteiger partial charge < -0.3 is 5.32 Å². The Labute approximate surface area is 147 Å². The van der Waals surface area contributed by atoms with E-state index in [2.05, 4.69) is 5.32 Å². The van der Waals surface area contributed by atoms with Crippen molar-refractivity contribution in [3.63, 3.8) is 0 Å².